The molecule has 5 N–H and O–H groups in total. The van der Waals surface area contributed by atoms with Crippen molar-refractivity contribution in [1.82, 2.24) is 5.32 Å². The topological polar surface area (TPSA) is 219 Å². The van der Waals surface area contributed by atoms with E-state index in [1.807, 2.05) is 0 Å². The summed E-state index contributed by atoms with van der Waals surface area (Å²) in [5.74, 6) is -3.67. The lowest BCUT2D eigenvalue weighted by Crippen LogP contribution is -2.59. The molecule has 0 aliphatic carbocycles. The van der Waals surface area contributed by atoms with Crippen LogP contribution in [-0.4, -0.2) is 104 Å². The van der Waals surface area contributed by atoms with Gasteiger partial charge in [-0.25, -0.2) is 4.79 Å². The third kappa shape index (κ3) is 13.0. The second-order valence-corrected chi connectivity index (χ2v) is 8.62. The van der Waals surface area contributed by atoms with Crippen LogP contribution in [-0.2, 0) is 47.6 Å². The normalized spacial score (nSPS) is 23.6. The number of aliphatic hydroxyl groups is 2. The Hall–Kier alpha value is -3.01. The third-order valence-corrected chi connectivity index (χ3v) is 5.25. The van der Waals surface area contributed by atoms with Gasteiger partial charge >= 0.3 is 24.0 Å². The predicted octanol–water partition coefficient (Wildman–Crippen LogP) is -1.10. The summed E-state index contributed by atoms with van der Waals surface area (Å²) in [7, 11) is 0. The van der Waals surface area contributed by atoms with E-state index < -0.39 is 73.1 Å². The number of hydrogen-bond acceptors (Lipinski definition) is 13. The number of ether oxygens (including phenoxy) is 6. The van der Waals surface area contributed by atoms with Crippen LogP contribution in [0.3, 0.4) is 0 Å². The molecule has 218 valence electrons. The zero-order valence-corrected chi connectivity index (χ0v) is 21.8. The minimum Gasteiger partial charge on any atom is -0.463 e. The van der Waals surface area contributed by atoms with Gasteiger partial charge in [0, 0.05) is 40.3 Å². The maximum absolute atomic E-state index is 11.8. The van der Waals surface area contributed by atoms with E-state index in [4.69, 9.17) is 44.4 Å². The maximum Gasteiger partial charge on any atom is 0.407 e. The fourth-order valence-electron chi connectivity index (χ4n) is 3.65. The van der Waals surface area contributed by atoms with Gasteiger partial charge in [-0.1, -0.05) is 0 Å². The van der Waals surface area contributed by atoms with Gasteiger partial charge in [-0.2, -0.15) is 0 Å². The second-order valence-electron chi connectivity index (χ2n) is 8.62. The molecule has 1 aliphatic rings. The number of nitrogens with one attached hydrogen (secondary N) is 1. The first-order valence-electron chi connectivity index (χ1n) is 12.2. The van der Waals surface area contributed by atoms with E-state index in [0.717, 1.165) is 13.8 Å². The molecule has 38 heavy (non-hydrogen) atoms. The number of alkyl carbamates (subject to hydrolysis) is 1. The summed E-state index contributed by atoms with van der Waals surface area (Å²) in [6.45, 7) is 2.75. The Morgan fingerprint density at radius 3 is 2.18 bits per heavy atom. The van der Waals surface area contributed by atoms with E-state index in [1.54, 1.807) is 0 Å². The molecule has 0 aromatic carbocycles. The van der Waals surface area contributed by atoms with Crippen molar-refractivity contribution in [2.24, 2.45) is 11.7 Å². The molecule has 0 aromatic rings. The monoisotopic (exact) mass is 550 g/mol. The van der Waals surface area contributed by atoms with Crippen molar-refractivity contribution in [3.8, 4) is 0 Å². The Labute approximate surface area is 220 Å². The van der Waals surface area contributed by atoms with Crippen molar-refractivity contribution in [3.05, 3.63) is 0 Å². The van der Waals surface area contributed by atoms with Crippen LogP contribution >= 0.6 is 0 Å². The second kappa shape index (κ2) is 17.5. The van der Waals surface area contributed by atoms with Crippen LogP contribution in [0.25, 0.3) is 0 Å². The van der Waals surface area contributed by atoms with Gasteiger partial charge < -0.3 is 49.7 Å². The molecule has 2 amide bonds. The number of nitrogens with two attached hydrogens (primary N) is 1. The minimum atomic E-state index is -1.19. The summed E-state index contributed by atoms with van der Waals surface area (Å²) >= 11 is 0. The predicted molar refractivity (Wildman–Crippen MR) is 126 cm³/mol. The number of primary amides is 1. The fourth-order valence-corrected chi connectivity index (χ4v) is 3.65. The largest absolute Gasteiger partial charge is 0.463 e. The lowest BCUT2D eigenvalue weighted by atomic mass is 9.87. The van der Waals surface area contributed by atoms with Gasteiger partial charge in [0.05, 0.1) is 12.5 Å². The standard InChI is InChI=1S/C23H38N2O13/c1-13(27)34-12-18-21(37-15(3)29)20(36-14(2)28)17(9-19(24)31)22(38-18)33-8-6-4-5-7-25-23(32)35-11-16(30)10-26/h16-18,20-22,26,30H,4-12H2,1-3H3,(H2,24,31)(H,25,32)/t16-,17-,18-,20-,21+,22-/m1/s1. The zero-order valence-electron chi connectivity index (χ0n) is 21.8. The van der Waals surface area contributed by atoms with E-state index >= 15 is 0 Å². The average molecular weight is 551 g/mol. The first-order valence-corrected chi connectivity index (χ1v) is 12.2. The van der Waals surface area contributed by atoms with Crippen LogP contribution in [0.4, 0.5) is 4.79 Å². The van der Waals surface area contributed by atoms with E-state index in [9.17, 15) is 24.0 Å². The summed E-state index contributed by atoms with van der Waals surface area (Å²) < 4.78 is 32.2. The van der Waals surface area contributed by atoms with Gasteiger partial charge in [0.1, 0.15) is 31.5 Å². The molecule has 1 fully saturated rings. The number of unbranched alkanes of at least 4 members (excludes halogenated alkanes) is 2. The van der Waals surface area contributed by atoms with Gasteiger partial charge in [-0.15, -0.1) is 0 Å². The molecule has 0 aromatic heterocycles. The Balaban J connectivity index is 2.76. The van der Waals surface area contributed by atoms with Crippen LogP contribution in [0.2, 0.25) is 0 Å². The molecule has 6 atom stereocenters. The smallest absolute Gasteiger partial charge is 0.407 e. The van der Waals surface area contributed by atoms with Crippen molar-refractivity contribution in [2.75, 3.05) is 33.0 Å². The molecule has 15 nitrogen and oxygen atoms in total. The maximum atomic E-state index is 11.8. The van der Waals surface area contributed by atoms with Crippen molar-refractivity contribution in [2.45, 2.75) is 77.2 Å². The number of aliphatic hydroxyl groups excluding tert-OH is 2. The summed E-state index contributed by atoms with van der Waals surface area (Å²) in [5, 5.41) is 20.4. The highest BCUT2D eigenvalue weighted by Gasteiger charge is 2.51. The molecule has 1 aliphatic heterocycles. The van der Waals surface area contributed by atoms with Gasteiger partial charge in [0.2, 0.25) is 5.91 Å². The van der Waals surface area contributed by atoms with Gasteiger partial charge in [-0.05, 0) is 19.3 Å². The van der Waals surface area contributed by atoms with Crippen molar-refractivity contribution in [1.29, 1.82) is 0 Å². The number of hydrogen-bond donors (Lipinski definition) is 4. The Morgan fingerprint density at radius 2 is 1.61 bits per heavy atom. The summed E-state index contributed by atoms with van der Waals surface area (Å²) in [5.41, 5.74) is 5.40. The molecule has 1 heterocycles. The highest BCUT2D eigenvalue weighted by molar-refractivity contribution is 5.74. The Morgan fingerprint density at radius 1 is 0.947 bits per heavy atom. The summed E-state index contributed by atoms with van der Waals surface area (Å²) in [6, 6.07) is 0. The quantitative estimate of drug-likeness (QED) is 0.102. The lowest BCUT2D eigenvalue weighted by Gasteiger charge is -2.44. The van der Waals surface area contributed by atoms with Crippen LogP contribution in [0.5, 0.6) is 0 Å². The first-order chi connectivity index (χ1) is 17.9. The number of esters is 3. The molecule has 1 rings (SSSR count). The third-order valence-electron chi connectivity index (χ3n) is 5.25. The molecular weight excluding hydrogens is 512 g/mol. The van der Waals surface area contributed by atoms with E-state index in [2.05, 4.69) is 5.32 Å². The van der Waals surface area contributed by atoms with Crippen LogP contribution < -0.4 is 11.1 Å². The summed E-state index contributed by atoms with van der Waals surface area (Å²) in [6.07, 6.45) is -4.99. The molecule has 15 heteroatoms. The number of rotatable bonds is 16. The molecule has 0 radical (unpaired) electrons. The van der Waals surface area contributed by atoms with Crippen molar-refractivity contribution in [3.63, 3.8) is 0 Å². The highest BCUT2D eigenvalue weighted by Crippen LogP contribution is 2.34. The van der Waals surface area contributed by atoms with Crippen LogP contribution in [0.1, 0.15) is 46.5 Å². The fraction of sp³-hybridized carbons (Fsp3) is 0.783. The lowest BCUT2D eigenvalue weighted by molar-refractivity contribution is -0.291. The minimum absolute atomic E-state index is 0.151. The van der Waals surface area contributed by atoms with Gasteiger partial charge in [0.15, 0.2) is 12.4 Å². The van der Waals surface area contributed by atoms with Gasteiger partial charge in [0.25, 0.3) is 0 Å². The Kier molecular flexibility index (Phi) is 15.2. The molecule has 1 saturated heterocycles. The van der Waals surface area contributed by atoms with E-state index in [0.29, 0.717) is 25.8 Å². The Bertz CT molecular complexity index is 793. The molecule has 0 unspecified atom stereocenters. The highest BCUT2D eigenvalue weighted by atomic mass is 16.7. The number of amides is 2. The number of carbonyl (C=O) groups is 5. The molecule has 0 bridgehead atoms. The van der Waals surface area contributed by atoms with E-state index in [1.165, 1.54) is 6.92 Å². The summed E-state index contributed by atoms with van der Waals surface area (Å²) in [4.78, 5) is 58.3. The molecular formula is C23H38N2O13. The van der Waals surface area contributed by atoms with Crippen LogP contribution in [0, 0.1) is 5.92 Å². The van der Waals surface area contributed by atoms with E-state index in [-0.39, 0.29) is 26.2 Å². The number of carbonyl (C=O) groups excluding carboxylic acids is 5. The van der Waals surface area contributed by atoms with Crippen molar-refractivity contribution < 1.29 is 62.6 Å². The van der Waals surface area contributed by atoms with Crippen molar-refractivity contribution >= 4 is 29.9 Å². The zero-order chi connectivity index (χ0) is 28.7. The average Bonchev–Trinajstić information content (AvgIpc) is 2.83. The molecule has 0 saturated carbocycles. The SMILES string of the molecule is CC(=O)OC[C@H]1O[C@@H](OCCCCCNC(=O)OC[C@H](O)CO)[C@H](CC(N)=O)[C@@H](OC(C)=O)[C@H]1OC(C)=O. The first kappa shape index (κ1) is 33.0. The van der Waals surface area contributed by atoms with Crippen LogP contribution in [0.15, 0.2) is 0 Å². The van der Waals surface area contributed by atoms with Gasteiger partial charge in [-0.3, -0.25) is 19.2 Å². The molecule has 0 spiro atoms.